The van der Waals surface area contributed by atoms with Gasteiger partial charge in [0, 0.05) is 12.3 Å². The number of unbranched alkanes of at least 4 members (excludes halogenated alkanes) is 9. The van der Waals surface area contributed by atoms with E-state index < -0.39 is 23.7 Å². The number of amides is 2. The van der Waals surface area contributed by atoms with Crippen LogP contribution in [0.4, 0.5) is 10.5 Å². The van der Waals surface area contributed by atoms with Crippen molar-refractivity contribution < 1.29 is 33.3 Å². The Balaban J connectivity index is 1.43. The zero-order chi connectivity index (χ0) is 29.0. The van der Waals surface area contributed by atoms with Crippen LogP contribution in [0.3, 0.4) is 0 Å². The fraction of sp³-hybridized carbons (Fsp3) is 0.742. The topological polar surface area (TPSA) is 104 Å². The summed E-state index contributed by atoms with van der Waals surface area (Å²) in [4.78, 5) is 24.3. The predicted octanol–water partition coefficient (Wildman–Crippen LogP) is 6.10. The molecule has 0 saturated carbocycles. The molecule has 9 nitrogen and oxygen atoms in total. The number of nitrogens with one attached hydrogen (secondary N) is 2. The molecule has 2 N–H and O–H groups in total. The Morgan fingerprint density at radius 2 is 1.55 bits per heavy atom. The van der Waals surface area contributed by atoms with Gasteiger partial charge in [0.15, 0.2) is 5.79 Å². The smallest absolute Gasteiger partial charge is 0.319 e. The van der Waals surface area contributed by atoms with E-state index >= 15 is 0 Å². The van der Waals surface area contributed by atoms with E-state index in [-0.39, 0.29) is 31.1 Å². The summed E-state index contributed by atoms with van der Waals surface area (Å²) in [7, 11) is 1.36. The second-order valence-electron chi connectivity index (χ2n) is 11.5. The second kappa shape index (κ2) is 15.7. The minimum Gasteiger partial charge on any atom is -0.469 e. The molecule has 9 heteroatoms. The highest BCUT2D eigenvalue weighted by Crippen LogP contribution is 2.45. The van der Waals surface area contributed by atoms with Gasteiger partial charge in [-0.15, -0.1) is 0 Å². The van der Waals surface area contributed by atoms with Crippen molar-refractivity contribution in [2.45, 2.75) is 128 Å². The van der Waals surface area contributed by atoms with Gasteiger partial charge in [0.05, 0.1) is 25.7 Å². The number of hydrogen-bond donors (Lipinski definition) is 2. The molecule has 0 aliphatic carbocycles. The highest BCUT2D eigenvalue weighted by atomic mass is 16.9. The number of methoxy groups -OCH3 is 1. The monoisotopic (exact) mass is 562 g/mol. The van der Waals surface area contributed by atoms with Crippen LogP contribution < -0.4 is 10.6 Å². The molecule has 0 bridgehead atoms. The van der Waals surface area contributed by atoms with Gasteiger partial charge in [0.1, 0.15) is 12.7 Å². The van der Waals surface area contributed by atoms with Gasteiger partial charge in [0.25, 0.3) is 0 Å². The normalized spacial score (nSPS) is 25.0. The van der Waals surface area contributed by atoms with E-state index in [0.717, 1.165) is 18.4 Å². The fourth-order valence-corrected chi connectivity index (χ4v) is 5.47. The van der Waals surface area contributed by atoms with Crippen molar-refractivity contribution in [3.05, 3.63) is 29.8 Å². The van der Waals surface area contributed by atoms with Crippen LogP contribution in [0.2, 0.25) is 0 Å². The van der Waals surface area contributed by atoms with Crippen LogP contribution in [0.25, 0.3) is 0 Å². The lowest BCUT2D eigenvalue weighted by molar-refractivity contribution is -0.274. The lowest BCUT2D eigenvalue weighted by Gasteiger charge is -2.28. The van der Waals surface area contributed by atoms with Gasteiger partial charge < -0.3 is 34.3 Å². The number of hydrogen-bond acceptors (Lipinski definition) is 7. The van der Waals surface area contributed by atoms with Gasteiger partial charge >= 0.3 is 12.0 Å². The van der Waals surface area contributed by atoms with Crippen molar-refractivity contribution in [1.29, 1.82) is 0 Å². The van der Waals surface area contributed by atoms with E-state index in [1.165, 1.54) is 58.5 Å². The van der Waals surface area contributed by atoms with Gasteiger partial charge in [-0.3, -0.25) is 4.79 Å². The van der Waals surface area contributed by atoms with Crippen molar-refractivity contribution in [1.82, 2.24) is 5.32 Å². The summed E-state index contributed by atoms with van der Waals surface area (Å²) in [5.74, 6) is -2.25. The third-order valence-electron chi connectivity index (χ3n) is 7.51. The third kappa shape index (κ3) is 9.72. The summed E-state index contributed by atoms with van der Waals surface area (Å²) in [6, 6.07) is 6.24. The summed E-state index contributed by atoms with van der Waals surface area (Å²) < 4.78 is 29.5. The SMILES string of the molecule is CCCCCCCCCCCCOC[C@@]12O[C@@H](C)C(NC(=O)Nc3ccc(CC(=O)OC)cc3)[C@H]1OC(C)(C)O2. The zero-order valence-corrected chi connectivity index (χ0v) is 25.1. The molecule has 2 aliphatic rings. The van der Waals surface area contributed by atoms with Crippen molar-refractivity contribution in [3.8, 4) is 0 Å². The Morgan fingerprint density at radius 1 is 0.925 bits per heavy atom. The van der Waals surface area contributed by atoms with Gasteiger partial charge in [-0.25, -0.2) is 4.79 Å². The number of urea groups is 1. The number of anilines is 1. The molecule has 40 heavy (non-hydrogen) atoms. The second-order valence-corrected chi connectivity index (χ2v) is 11.5. The minimum atomic E-state index is -1.07. The molecule has 1 aromatic rings. The maximum absolute atomic E-state index is 12.9. The van der Waals surface area contributed by atoms with Gasteiger partial charge in [-0.05, 0) is 44.9 Å². The van der Waals surface area contributed by atoms with Gasteiger partial charge in [0.2, 0.25) is 5.79 Å². The van der Waals surface area contributed by atoms with E-state index in [2.05, 4.69) is 17.6 Å². The number of rotatable bonds is 17. The maximum atomic E-state index is 12.9. The van der Waals surface area contributed by atoms with Crippen LogP contribution in [-0.2, 0) is 34.9 Å². The first-order valence-corrected chi connectivity index (χ1v) is 15.0. The molecule has 1 unspecified atom stereocenters. The number of carbonyl (C=O) groups is 2. The standard InChI is InChI=1S/C31H50N2O7/c1-6-7-8-9-10-11-12-13-14-15-20-37-22-31-28(39-30(3,4)40-31)27(23(2)38-31)33-29(35)32-25-18-16-24(17-19-25)21-26(34)36-5/h16-19,23,27-28H,6-15,20-22H2,1-5H3,(H2,32,33,35)/t23-,27?,28+,31-/m0/s1. The van der Waals surface area contributed by atoms with E-state index in [1.807, 2.05) is 20.8 Å². The first-order chi connectivity index (χ1) is 19.2. The largest absolute Gasteiger partial charge is 0.469 e. The Kier molecular flexibility index (Phi) is 12.7. The van der Waals surface area contributed by atoms with Crippen LogP contribution in [0, 0.1) is 0 Å². The number of ether oxygens (including phenoxy) is 5. The van der Waals surface area contributed by atoms with Crippen LogP contribution in [0.15, 0.2) is 24.3 Å². The van der Waals surface area contributed by atoms with E-state index in [0.29, 0.717) is 12.3 Å². The molecule has 3 rings (SSSR count). The Labute approximate surface area is 240 Å². The molecule has 2 amide bonds. The van der Waals surface area contributed by atoms with Crippen LogP contribution in [0.1, 0.15) is 97.5 Å². The third-order valence-corrected chi connectivity index (χ3v) is 7.51. The van der Waals surface area contributed by atoms with Gasteiger partial charge in [-0.1, -0.05) is 76.8 Å². The molecule has 1 aromatic carbocycles. The molecule has 0 radical (unpaired) electrons. The first-order valence-electron chi connectivity index (χ1n) is 15.0. The molecule has 0 aromatic heterocycles. The molecule has 2 heterocycles. The molecule has 2 fully saturated rings. The van der Waals surface area contributed by atoms with Crippen molar-refractivity contribution in [2.24, 2.45) is 0 Å². The van der Waals surface area contributed by atoms with Crippen LogP contribution in [-0.4, -0.2) is 62.1 Å². The molecule has 0 spiro atoms. The zero-order valence-electron chi connectivity index (χ0n) is 25.1. The molecular formula is C31H50N2O7. The maximum Gasteiger partial charge on any atom is 0.319 e. The highest BCUT2D eigenvalue weighted by molar-refractivity contribution is 5.89. The number of fused-ring (bicyclic) bond motifs is 1. The summed E-state index contributed by atoms with van der Waals surface area (Å²) in [5.41, 5.74) is 1.41. The summed E-state index contributed by atoms with van der Waals surface area (Å²) in [5, 5.41) is 5.84. The fourth-order valence-electron chi connectivity index (χ4n) is 5.47. The van der Waals surface area contributed by atoms with E-state index in [1.54, 1.807) is 24.3 Å². The van der Waals surface area contributed by atoms with Crippen molar-refractivity contribution >= 4 is 17.7 Å². The van der Waals surface area contributed by atoms with Crippen LogP contribution in [0.5, 0.6) is 0 Å². The van der Waals surface area contributed by atoms with Gasteiger partial charge in [-0.2, -0.15) is 0 Å². The van der Waals surface area contributed by atoms with Crippen molar-refractivity contribution in [2.75, 3.05) is 25.6 Å². The lowest BCUT2D eigenvalue weighted by Crippen LogP contribution is -2.51. The van der Waals surface area contributed by atoms with Crippen molar-refractivity contribution in [3.63, 3.8) is 0 Å². The molecular weight excluding hydrogens is 512 g/mol. The lowest BCUT2D eigenvalue weighted by atomic mass is 10.0. The molecule has 2 aliphatic heterocycles. The summed E-state index contributed by atoms with van der Waals surface area (Å²) >= 11 is 0. The molecule has 226 valence electrons. The summed E-state index contributed by atoms with van der Waals surface area (Å²) in [6.45, 7) is 8.71. The van der Waals surface area contributed by atoms with E-state index in [9.17, 15) is 9.59 Å². The number of benzene rings is 1. The average Bonchev–Trinajstić information content (AvgIpc) is 3.31. The highest BCUT2D eigenvalue weighted by Gasteiger charge is 2.64. The number of carbonyl (C=O) groups excluding carboxylic acids is 2. The van der Waals surface area contributed by atoms with E-state index in [4.69, 9.17) is 23.7 Å². The quantitative estimate of drug-likeness (QED) is 0.175. The Morgan fingerprint density at radius 3 is 2.17 bits per heavy atom. The predicted molar refractivity (Wildman–Crippen MR) is 154 cm³/mol. The Hall–Kier alpha value is -2.20. The first kappa shape index (κ1) is 32.3. The van der Waals surface area contributed by atoms with Crippen LogP contribution >= 0.6 is 0 Å². The molecule has 4 atom stereocenters. The Bertz CT molecular complexity index is 923. The summed E-state index contributed by atoms with van der Waals surface area (Å²) in [6.07, 6.45) is 12.0. The average molecular weight is 563 g/mol. The molecule has 2 saturated heterocycles. The minimum absolute atomic E-state index is 0.179. The number of esters is 1.